The second-order valence-corrected chi connectivity index (χ2v) is 8.42. The van der Waals surface area contributed by atoms with Gasteiger partial charge in [0.25, 0.3) is 0 Å². The minimum absolute atomic E-state index is 0.0637. The lowest BCUT2D eigenvalue weighted by Gasteiger charge is -2.35. The fourth-order valence-corrected chi connectivity index (χ4v) is 3.91. The molecule has 0 radical (unpaired) electrons. The third-order valence-electron chi connectivity index (χ3n) is 5.85. The lowest BCUT2D eigenvalue weighted by Crippen LogP contribution is -2.47. The van der Waals surface area contributed by atoms with E-state index in [2.05, 4.69) is 55.2 Å². The van der Waals surface area contributed by atoms with E-state index in [9.17, 15) is 4.79 Å². The number of benzene rings is 1. The standard InChI is InChI=1S/C25H31N7O/c1-19-7-8-23(27-14-19)31-9-11-32(12-10-31)25-28-15-22(16-29-25)21-6-4-5-20(13-21)18-30(3)24(33)17-26-2/h4-8,13-16,26H,9-12,17-18H2,1-3H3. The van der Waals surface area contributed by atoms with Crippen molar-refractivity contribution in [2.45, 2.75) is 13.5 Å². The van der Waals surface area contributed by atoms with Gasteiger partial charge in [0.2, 0.25) is 11.9 Å². The number of aryl methyl sites for hydroxylation is 1. The zero-order chi connectivity index (χ0) is 23.2. The smallest absolute Gasteiger partial charge is 0.236 e. The number of hydrogen-bond acceptors (Lipinski definition) is 7. The molecule has 1 aliphatic heterocycles. The first kappa shape index (κ1) is 22.7. The number of piperazine rings is 1. The number of aromatic nitrogens is 3. The molecule has 1 aliphatic rings. The molecule has 8 heteroatoms. The molecule has 3 aromatic rings. The van der Waals surface area contributed by atoms with Crippen LogP contribution in [0.15, 0.2) is 55.0 Å². The van der Waals surface area contributed by atoms with E-state index < -0.39 is 0 Å². The number of hydrogen-bond donors (Lipinski definition) is 1. The molecule has 1 saturated heterocycles. The fraction of sp³-hybridized carbons (Fsp3) is 0.360. The van der Waals surface area contributed by atoms with E-state index in [0.717, 1.165) is 54.6 Å². The Balaban J connectivity index is 1.38. The Kier molecular flexibility index (Phi) is 7.14. The van der Waals surface area contributed by atoms with Crippen molar-refractivity contribution in [2.24, 2.45) is 0 Å². The Hall–Kier alpha value is -3.52. The molecular weight excluding hydrogens is 414 g/mol. The Morgan fingerprint density at radius 2 is 1.70 bits per heavy atom. The van der Waals surface area contributed by atoms with Gasteiger partial charge in [-0.05, 0) is 42.8 Å². The van der Waals surface area contributed by atoms with Gasteiger partial charge in [-0.15, -0.1) is 0 Å². The molecule has 0 spiro atoms. The van der Waals surface area contributed by atoms with Gasteiger partial charge in [0.05, 0.1) is 6.54 Å². The maximum Gasteiger partial charge on any atom is 0.236 e. The topological polar surface area (TPSA) is 77.5 Å². The van der Waals surface area contributed by atoms with E-state index in [1.54, 1.807) is 11.9 Å². The minimum Gasteiger partial charge on any atom is -0.353 e. The van der Waals surface area contributed by atoms with Crippen LogP contribution < -0.4 is 15.1 Å². The molecule has 1 amide bonds. The molecule has 0 aliphatic carbocycles. The molecule has 172 valence electrons. The summed E-state index contributed by atoms with van der Waals surface area (Å²) in [6, 6.07) is 12.4. The largest absolute Gasteiger partial charge is 0.353 e. The second kappa shape index (κ2) is 10.4. The molecule has 2 aromatic heterocycles. The Morgan fingerprint density at radius 1 is 0.970 bits per heavy atom. The maximum absolute atomic E-state index is 12.0. The normalized spacial score (nSPS) is 13.8. The van der Waals surface area contributed by atoms with Crippen LogP contribution >= 0.6 is 0 Å². The van der Waals surface area contributed by atoms with E-state index in [-0.39, 0.29) is 5.91 Å². The molecular formula is C25H31N7O. The molecule has 33 heavy (non-hydrogen) atoms. The number of rotatable bonds is 7. The molecule has 3 heterocycles. The van der Waals surface area contributed by atoms with Crippen LogP contribution in [0.3, 0.4) is 0 Å². The Morgan fingerprint density at radius 3 is 2.36 bits per heavy atom. The average molecular weight is 446 g/mol. The Labute approximate surface area is 195 Å². The first-order valence-electron chi connectivity index (χ1n) is 11.3. The number of likely N-dealkylation sites (N-methyl/N-ethyl adjacent to an activating group) is 2. The van der Waals surface area contributed by atoms with Gasteiger partial charge in [0, 0.05) is 63.9 Å². The van der Waals surface area contributed by atoms with Crippen molar-refractivity contribution in [3.8, 4) is 11.1 Å². The SMILES string of the molecule is CNCC(=O)N(C)Cc1cccc(-c2cnc(N3CCN(c4ccc(C)cn4)CC3)nc2)c1. The van der Waals surface area contributed by atoms with Crippen LogP contribution in [0.5, 0.6) is 0 Å². The number of carbonyl (C=O) groups excluding carboxylic acids is 1. The van der Waals surface area contributed by atoms with Crippen LogP contribution in [-0.4, -0.2) is 72.6 Å². The van der Waals surface area contributed by atoms with Crippen molar-refractivity contribution >= 4 is 17.7 Å². The Bertz CT molecular complexity index is 1060. The molecule has 4 rings (SSSR count). The van der Waals surface area contributed by atoms with Crippen molar-refractivity contribution in [1.29, 1.82) is 0 Å². The monoisotopic (exact) mass is 445 g/mol. The van der Waals surface area contributed by atoms with Gasteiger partial charge in [-0.1, -0.05) is 24.3 Å². The summed E-state index contributed by atoms with van der Waals surface area (Å²) in [5.74, 6) is 1.84. The van der Waals surface area contributed by atoms with Crippen LogP contribution in [0.25, 0.3) is 11.1 Å². The molecule has 0 bridgehead atoms. The highest BCUT2D eigenvalue weighted by molar-refractivity contribution is 5.78. The summed E-state index contributed by atoms with van der Waals surface area (Å²) in [4.78, 5) is 32.1. The van der Waals surface area contributed by atoms with Crippen molar-refractivity contribution in [2.75, 3.05) is 56.6 Å². The maximum atomic E-state index is 12.0. The number of amides is 1. The number of nitrogens with zero attached hydrogens (tertiary/aromatic N) is 6. The third kappa shape index (κ3) is 5.64. The van der Waals surface area contributed by atoms with Gasteiger partial charge in [0.15, 0.2) is 0 Å². The van der Waals surface area contributed by atoms with E-state index in [1.165, 1.54) is 5.56 Å². The van der Waals surface area contributed by atoms with Gasteiger partial charge in [-0.25, -0.2) is 15.0 Å². The highest BCUT2D eigenvalue weighted by Gasteiger charge is 2.20. The summed E-state index contributed by atoms with van der Waals surface area (Å²) < 4.78 is 0. The number of nitrogens with one attached hydrogen (secondary N) is 1. The summed E-state index contributed by atoms with van der Waals surface area (Å²) >= 11 is 0. The quantitative estimate of drug-likeness (QED) is 0.598. The highest BCUT2D eigenvalue weighted by atomic mass is 16.2. The minimum atomic E-state index is 0.0637. The van der Waals surface area contributed by atoms with Crippen molar-refractivity contribution in [3.05, 3.63) is 66.1 Å². The average Bonchev–Trinajstić information content (AvgIpc) is 2.85. The lowest BCUT2D eigenvalue weighted by atomic mass is 10.1. The van der Waals surface area contributed by atoms with Gasteiger partial charge >= 0.3 is 0 Å². The summed E-state index contributed by atoms with van der Waals surface area (Å²) in [5.41, 5.74) is 4.26. The molecule has 1 fully saturated rings. The number of anilines is 2. The third-order valence-corrected chi connectivity index (χ3v) is 5.85. The van der Waals surface area contributed by atoms with Gasteiger partial charge in [-0.2, -0.15) is 0 Å². The van der Waals surface area contributed by atoms with Crippen LogP contribution in [0.2, 0.25) is 0 Å². The van der Waals surface area contributed by atoms with Crippen molar-refractivity contribution in [3.63, 3.8) is 0 Å². The van der Waals surface area contributed by atoms with Gasteiger partial charge < -0.3 is 20.0 Å². The summed E-state index contributed by atoms with van der Waals surface area (Å²) in [6.07, 6.45) is 5.67. The lowest BCUT2D eigenvalue weighted by molar-refractivity contribution is -0.129. The molecule has 0 atom stereocenters. The summed E-state index contributed by atoms with van der Waals surface area (Å²) in [6.45, 7) is 6.45. The first-order chi connectivity index (χ1) is 16.0. The van der Waals surface area contributed by atoms with Gasteiger partial charge in [-0.3, -0.25) is 4.79 Å². The van der Waals surface area contributed by atoms with E-state index in [4.69, 9.17) is 0 Å². The van der Waals surface area contributed by atoms with E-state index >= 15 is 0 Å². The van der Waals surface area contributed by atoms with Crippen LogP contribution in [0.1, 0.15) is 11.1 Å². The fourth-order valence-electron chi connectivity index (χ4n) is 3.91. The van der Waals surface area contributed by atoms with Crippen LogP contribution in [0, 0.1) is 6.92 Å². The number of carbonyl (C=O) groups is 1. The molecule has 1 N–H and O–H groups in total. The molecule has 0 unspecified atom stereocenters. The molecule has 8 nitrogen and oxygen atoms in total. The van der Waals surface area contributed by atoms with E-state index in [0.29, 0.717) is 13.1 Å². The predicted octanol–water partition coefficient (Wildman–Crippen LogP) is 2.35. The van der Waals surface area contributed by atoms with Crippen LogP contribution in [-0.2, 0) is 11.3 Å². The summed E-state index contributed by atoms with van der Waals surface area (Å²) in [5, 5.41) is 2.90. The first-order valence-corrected chi connectivity index (χ1v) is 11.3. The summed E-state index contributed by atoms with van der Waals surface area (Å²) in [7, 11) is 3.59. The second-order valence-electron chi connectivity index (χ2n) is 8.42. The molecule has 0 saturated carbocycles. The predicted molar refractivity (Wildman–Crippen MR) is 131 cm³/mol. The van der Waals surface area contributed by atoms with Crippen molar-refractivity contribution < 1.29 is 4.79 Å². The number of pyridine rings is 1. The van der Waals surface area contributed by atoms with Crippen molar-refractivity contribution in [1.82, 2.24) is 25.2 Å². The highest BCUT2D eigenvalue weighted by Crippen LogP contribution is 2.22. The molecule has 1 aromatic carbocycles. The zero-order valence-corrected chi connectivity index (χ0v) is 19.5. The van der Waals surface area contributed by atoms with Gasteiger partial charge in [0.1, 0.15) is 5.82 Å². The van der Waals surface area contributed by atoms with Crippen LogP contribution in [0.4, 0.5) is 11.8 Å². The zero-order valence-electron chi connectivity index (χ0n) is 19.5. The van der Waals surface area contributed by atoms with E-state index in [1.807, 2.05) is 43.8 Å².